The first kappa shape index (κ1) is 17.9. The van der Waals surface area contributed by atoms with Crippen LogP contribution in [0.2, 0.25) is 0 Å². The lowest BCUT2D eigenvalue weighted by molar-refractivity contribution is 0.131. The monoisotopic (exact) mass is 348 g/mol. The fourth-order valence-electron chi connectivity index (χ4n) is 2.71. The Kier molecular flexibility index (Phi) is 5.17. The van der Waals surface area contributed by atoms with Gasteiger partial charge in [-0.25, -0.2) is 0 Å². The topological polar surface area (TPSA) is 38.7 Å². The molecule has 0 aliphatic rings. The van der Waals surface area contributed by atoms with Crippen LogP contribution in [0, 0.1) is 0 Å². The van der Waals surface area contributed by atoms with E-state index in [9.17, 15) is 5.11 Å². The zero-order chi connectivity index (χ0) is 18.6. The van der Waals surface area contributed by atoms with Crippen molar-refractivity contribution in [3.8, 4) is 28.4 Å². The molecule has 0 unspecified atom stereocenters. The number of phenols is 1. The molecular formula is C23H24O3. The minimum Gasteiger partial charge on any atom is -0.507 e. The first-order valence-corrected chi connectivity index (χ1v) is 8.70. The predicted octanol–water partition coefficient (Wildman–Crippen LogP) is 5.82. The molecule has 0 aromatic heterocycles. The van der Waals surface area contributed by atoms with Crippen molar-refractivity contribution in [1.82, 2.24) is 0 Å². The highest BCUT2D eigenvalue weighted by Gasteiger charge is 2.14. The van der Waals surface area contributed by atoms with E-state index in [-0.39, 0.29) is 11.4 Å². The van der Waals surface area contributed by atoms with Crippen molar-refractivity contribution >= 4 is 0 Å². The second kappa shape index (κ2) is 7.52. The minimum atomic E-state index is -0.250. The minimum absolute atomic E-state index is 0.194. The van der Waals surface area contributed by atoms with Crippen LogP contribution in [0.4, 0.5) is 0 Å². The van der Waals surface area contributed by atoms with Crippen LogP contribution in [0.15, 0.2) is 72.8 Å². The van der Waals surface area contributed by atoms with E-state index in [2.05, 4.69) is 0 Å². The molecule has 0 radical (unpaired) electrons. The van der Waals surface area contributed by atoms with Crippen molar-refractivity contribution in [2.75, 3.05) is 0 Å². The Morgan fingerprint density at radius 1 is 0.808 bits per heavy atom. The van der Waals surface area contributed by atoms with Gasteiger partial charge in [-0.1, -0.05) is 48.5 Å². The maximum atomic E-state index is 10.4. The fourth-order valence-corrected chi connectivity index (χ4v) is 2.71. The molecule has 3 nitrogen and oxygen atoms in total. The molecule has 0 aliphatic carbocycles. The summed E-state index contributed by atoms with van der Waals surface area (Å²) in [5.41, 5.74) is 2.40. The molecule has 0 amide bonds. The van der Waals surface area contributed by atoms with Crippen LogP contribution in [-0.2, 0) is 6.61 Å². The van der Waals surface area contributed by atoms with E-state index in [1.165, 1.54) is 0 Å². The first-order valence-electron chi connectivity index (χ1n) is 8.70. The van der Waals surface area contributed by atoms with E-state index < -0.39 is 0 Å². The summed E-state index contributed by atoms with van der Waals surface area (Å²) in [5, 5.41) is 10.4. The Hall–Kier alpha value is -2.94. The molecule has 3 aromatic rings. The average Bonchev–Trinajstić information content (AvgIpc) is 2.60. The molecule has 0 atom stereocenters. The van der Waals surface area contributed by atoms with Crippen LogP contribution in [0.3, 0.4) is 0 Å². The lowest BCUT2D eigenvalue weighted by Gasteiger charge is -2.21. The first-order chi connectivity index (χ1) is 12.4. The molecule has 0 saturated heterocycles. The van der Waals surface area contributed by atoms with Crippen molar-refractivity contribution in [1.29, 1.82) is 0 Å². The Bertz CT molecular complexity index is 847. The van der Waals surface area contributed by atoms with Gasteiger partial charge in [0.1, 0.15) is 29.5 Å². The van der Waals surface area contributed by atoms with Gasteiger partial charge >= 0.3 is 0 Å². The van der Waals surface area contributed by atoms with Gasteiger partial charge in [0.15, 0.2) is 0 Å². The number of rotatable bonds is 5. The van der Waals surface area contributed by atoms with Gasteiger partial charge in [0.2, 0.25) is 0 Å². The van der Waals surface area contributed by atoms with E-state index >= 15 is 0 Å². The third-order valence-corrected chi connectivity index (χ3v) is 3.81. The standard InChI is InChI=1S/C23H24O3/c1-23(2,3)26-19-14-12-18(13-15-19)22-20(24)10-7-11-21(22)25-16-17-8-5-4-6-9-17/h4-15,24H,16H2,1-3H3. The quantitative estimate of drug-likeness (QED) is 0.632. The maximum absolute atomic E-state index is 10.4. The number of hydrogen-bond donors (Lipinski definition) is 1. The maximum Gasteiger partial charge on any atom is 0.131 e. The summed E-state index contributed by atoms with van der Waals surface area (Å²) in [6.07, 6.45) is 0. The molecule has 3 rings (SSSR count). The molecule has 0 spiro atoms. The van der Waals surface area contributed by atoms with Gasteiger partial charge in [-0.15, -0.1) is 0 Å². The van der Waals surface area contributed by atoms with Crippen LogP contribution in [-0.4, -0.2) is 10.7 Å². The molecule has 0 aliphatic heterocycles. The average molecular weight is 348 g/mol. The summed E-state index contributed by atoms with van der Waals surface area (Å²) in [7, 11) is 0. The molecule has 0 bridgehead atoms. The third kappa shape index (κ3) is 4.57. The number of hydrogen-bond acceptors (Lipinski definition) is 3. The summed E-state index contributed by atoms with van der Waals surface area (Å²) >= 11 is 0. The summed E-state index contributed by atoms with van der Waals surface area (Å²) in [4.78, 5) is 0. The van der Waals surface area contributed by atoms with Gasteiger partial charge in [0, 0.05) is 0 Å². The second-order valence-electron chi connectivity index (χ2n) is 7.16. The highest BCUT2D eigenvalue weighted by atomic mass is 16.5. The van der Waals surface area contributed by atoms with Crippen LogP contribution in [0.1, 0.15) is 26.3 Å². The Morgan fingerprint density at radius 3 is 2.15 bits per heavy atom. The molecule has 3 heteroatoms. The van der Waals surface area contributed by atoms with Crippen LogP contribution in [0.5, 0.6) is 17.2 Å². The summed E-state index contributed by atoms with van der Waals surface area (Å²) < 4.78 is 11.8. The summed E-state index contributed by atoms with van der Waals surface area (Å²) in [6.45, 7) is 6.49. The van der Waals surface area contributed by atoms with Crippen LogP contribution < -0.4 is 9.47 Å². The SMILES string of the molecule is CC(C)(C)Oc1ccc(-c2c(O)cccc2OCc2ccccc2)cc1. The second-order valence-corrected chi connectivity index (χ2v) is 7.16. The van der Waals surface area contributed by atoms with Gasteiger partial charge in [0.25, 0.3) is 0 Å². The lowest BCUT2D eigenvalue weighted by Crippen LogP contribution is -2.22. The van der Waals surface area contributed by atoms with Gasteiger partial charge in [-0.2, -0.15) is 0 Å². The predicted molar refractivity (Wildman–Crippen MR) is 105 cm³/mol. The number of benzene rings is 3. The number of ether oxygens (including phenoxy) is 2. The molecule has 1 N–H and O–H groups in total. The van der Waals surface area contributed by atoms with Crippen molar-refractivity contribution in [2.45, 2.75) is 33.0 Å². The number of phenolic OH excluding ortho intramolecular Hbond substituents is 1. The largest absolute Gasteiger partial charge is 0.507 e. The van der Waals surface area contributed by atoms with E-state index in [1.54, 1.807) is 12.1 Å². The zero-order valence-electron chi connectivity index (χ0n) is 15.4. The van der Waals surface area contributed by atoms with Gasteiger partial charge in [-0.3, -0.25) is 0 Å². The highest BCUT2D eigenvalue weighted by molar-refractivity contribution is 5.76. The smallest absolute Gasteiger partial charge is 0.131 e. The van der Waals surface area contributed by atoms with Crippen molar-refractivity contribution in [2.24, 2.45) is 0 Å². The molecule has 134 valence electrons. The Balaban J connectivity index is 1.85. The normalized spacial score (nSPS) is 11.2. The van der Waals surface area contributed by atoms with Crippen LogP contribution in [0.25, 0.3) is 11.1 Å². The van der Waals surface area contributed by atoms with Crippen molar-refractivity contribution in [3.05, 3.63) is 78.4 Å². The molecule has 26 heavy (non-hydrogen) atoms. The Labute approximate surface area is 154 Å². The fraction of sp³-hybridized carbons (Fsp3) is 0.217. The molecular weight excluding hydrogens is 324 g/mol. The molecule has 3 aromatic carbocycles. The lowest BCUT2D eigenvalue weighted by atomic mass is 10.0. The van der Waals surface area contributed by atoms with Gasteiger partial charge < -0.3 is 14.6 Å². The van der Waals surface area contributed by atoms with Crippen LogP contribution >= 0.6 is 0 Å². The highest BCUT2D eigenvalue weighted by Crippen LogP contribution is 2.38. The zero-order valence-corrected chi connectivity index (χ0v) is 15.4. The van der Waals surface area contributed by atoms with Crippen molar-refractivity contribution < 1.29 is 14.6 Å². The summed E-state index contributed by atoms with van der Waals surface area (Å²) in [5.74, 6) is 1.64. The Morgan fingerprint density at radius 2 is 1.50 bits per heavy atom. The molecule has 0 heterocycles. The number of aromatic hydroxyl groups is 1. The van der Waals surface area contributed by atoms with E-state index in [4.69, 9.17) is 9.47 Å². The summed E-state index contributed by atoms with van der Waals surface area (Å²) in [6, 6.07) is 23.0. The third-order valence-electron chi connectivity index (χ3n) is 3.81. The van der Waals surface area contributed by atoms with Gasteiger partial charge in [-0.05, 0) is 56.2 Å². The van der Waals surface area contributed by atoms with E-state index in [0.29, 0.717) is 17.9 Å². The van der Waals surface area contributed by atoms with E-state index in [0.717, 1.165) is 16.9 Å². The van der Waals surface area contributed by atoms with Crippen molar-refractivity contribution in [3.63, 3.8) is 0 Å². The van der Waals surface area contributed by atoms with Gasteiger partial charge in [0.05, 0.1) is 5.56 Å². The molecule has 0 fully saturated rings. The van der Waals surface area contributed by atoms with E-state index in [1.807, 2.05) is 81.4 Å². The molecule has 0 saturated carbocycles.